The highest BCUT2D eigenvalue weighted by Gasteiger charge is 2.23. The molecule has 136 valence electrons. The third-order valence-corrected chi connectivity index (χ3v) is 5.17. The average molecular weight is 374 g/mol. The van der Waals surface area contributed by atoms with E-state index in [2.05, 4.69) is 0 Å². The number of fused-ring (bicyclic) bond motifs is 1. The molecule has 0 saturated heterocycles. The molecular weight excluding hydrogens is 356 g/mol. The second-order valence-electron chi connectivity index (χ2n) is 5.94. The Morgan fingerprint density at radius 1 is 1.04 bits per heavy atom. The summed E-state index contributed by atoms with van der Waals surface area (Å²) in [7, 11) is -2.66. The zero-order valence-corrected chi connectivity index (χ0v) is 15.4. The van der Waals surface area contributed by atoms with Crippen LogP contribution in [0.1, 0.15) is 13.8 Å². The topological polar surface area (TPSA) is 82.8 Å². The molecule has 0 atom stereocenters. The fourth-order valence-electron chi connectivity index (χ4n) is 2.58. The van der Waals surface area contributed by atoms with Gasteiger partial charge in [-0.1, -0.05) is 12.1 Å². The van der Waals surface area contributed by atoms with Gasteiger partial charge in [0.2, 0.25) is 0 Å². The van der Waals surface area contributed by atoms with Gasteiger partial charge in [0, 0.05) is 11.6 Å². The maximum absolute atomic E-state index is 12.5. The van der Waals surface area contributed by atoms with Crippen molar-refractivity contribution >= 4 is 21.1 Å². The van der Waals surface area contributed by atoms with Gasteiger partial charge >= 0.3 is 10.1 Å². The summed E-state index contributed by atoms with van der Waals surface area (Å²) < 4.78 is 41.0. The Morgan fingerprint density at radius 2 is 1.77 bits per heavy atom. The second-order valence-corrected chi connectivity index (χ2v) is 7.48. The molecule has 0 radical (unpaired) electrons. The van der Waals surface area contributed by atoms with E-state index >= 15 is 0 Å². The van der Waals surface area contributed by atoms with E-state index < -0.39 is 16.2 Å². The molecule has 0 unspecified atom stereocenters. The minimum absolute atomic E-state index is 0.123. The van der Waals surface area contributed by atoms with Gasteiger partial charge in [0.25, 0.3) is 0 Å². The first-order chi connectivity index (χ1) is 12.3. The van der Waals surface area contributed by atoms with Crippen molar-refractivity contribution in [2.24, 2.45) is 0 Å². The van der Waals surface area contributed by atoms with Gasteiger partial charge in [-0.2, -0.15) is 8.42 Å². The number of para-hydroxylation sites is 1. The highest BCUT2D eigenvalue weighted by Crippen LogP contribution is 2.32. The van der Waals surface area contributed by atoms with Gasteiger partial charge in [-0.25, -0.2) is 0 Å². The van der Waals surface area contributed by atoms with Crippen molar-refractivity contribution in [1.29, 1.82) is 0 Å². The number of hydrogen-bond donors (Lipinski definition) is 0. The van der Waals surface area contributed by atoms with E-state index in [0.29, 0.717) is 16.5 Å². The van der Waals surface area contributed by atoms with Crippen LogP contribution < -0.4 is 10.2 Å². The van der Waals surface area contributed by atoms with E-state index in [1.165, 1.54) is 25.3 Å². The standard InChI is InChI=1S/C19H18O6S/c1-12(2)25-26(21,22)19-10-13(8-9-17(19)23-3)18-11-15(20)14-6-4-5-7-16(14)24-18/h4-12H,1-3H3. The van der Waals surface area contributed by atoms with Crippen LogP contribution in [0.3, 0.4) is 0 Å². The largest absolute Gasteiger partial charge is 0.495 e. The summed E-state index contributed by atoms with van der Waals surface area (Å²) in [5.74, 6) is 0.412. The molecule has 6 nitrogen and oxygen atoms in total. The van der Waals surface area contributed by atoms with Crippen LogP contribution >= 0.6 is 0 Å². The van der Waals surface area contributed by atoms with Crippen molar-refractivity contribution in [3.63, 3.8) is 0 Å². The lowest BCUT2D eigenvalue weighted by molar-refractivity contribution is 0.247. The van der Waals surface area contributed by atoms with Crippen molar-refractivity contribution in [3.05, 3.63) is 58.8 Å². The van der Waals surface area contributed by atoms with Gasteiger partial charge in [-0.05, 0) is 44.2 Å². The maximum atomic E-state index is 12.5. The Balaban J connectivity index is 2.18. The fourth-order valence-corrected chi connectivity index (χ4v) is 3.86. The van der Waals surface area contributed by atoms with Crippen molar-refractivity contribution in [2.75, 3.05) is 7.11 Å². The Labute approximate surface area is 151 Å². The minimum Gasteiger partial charge on any atom is -0.495 e. The number of hydrogen-bond acceptors (Lipinski definition) is 6. The normalized spacial score (nSPS) is 11.8. The lowest BCUT2D eigenvalue weighted by atomic mass is 10.1. The second kappa shape index (κ2) is 6.93. The van der Waals surface area contributed by atoms with Gasteiger partial charge in [-0.3, -0.25) is 8.98 Å². The van der Waals surface area contributed by atoms with Crippen LogP contribution in [0.15, 0.2) is 62.6 Å². The molecule has 0 aliphatic carbocycles. The molecule has 7 heteroatoms. The van der Waals surface area contributed by atoms with E-state index in [9.17, 15) is 13.2 Å². The summed E-state index contributed by atoms with van der Waals surface area (Å²) in [5.41, 5.74) is 0.647. The highest BCUT2D eigenvalue weighted by atomic mass is 32.2. The molecule has 0 aliphatic heterocycles. The lowest BCUT2D eigenvalue weighted by Gasteiger charge is -2.13. The van der Waals surface area contributed by atoms with Gasteiger partial charge in [0.15, 0.2) is 5.43 Å². The predicted molar refractivity (Wildman–Crippen MR) is 97.9 cm³/mol. The molecule has 0 bridgehead atoms. The first-order valence-corrected chi connectivity index (χ1v) is 9.37. The van der Waals surface area contributed by atoms with Crippen LogP contribution in [0.2, 0.25) is 0 Å². The Morgan fingerprint density at radius 3 is 2.46 bits per heavy atom. The third kappa shape index (κ3) is 3.49. The van der Waals surface area contributed by atoms with Gasteiger partial charge < -0.3 is 9.15 Å². The van der Waals surface area contributed by atoms with Crippen LogP contribution in [0.5, 0.6) is 5.75 Å². The quantitative estimate of drug-likeness (QED) is 0.635. The number of benzene rings is 2. The summed E-state index contributed by atoms with van der Waals surface area (Å²) in [6, 6.07) is 12.7. The van der Waals surface area contributed by atoms with Crippen LogP contribution in [0, 0.1) is 0 Å². The van der Waals surface area contributed by atoms with Crippen molar-refractivity contribution in [2.45, 2.75) is 24.8 Å². The van der Waals surface area contributed by atoms with Crippen LogP contribution in [-0.2, 0) is 14.3 Å². The highest BCUT2D eigenvalue weighted by molar-refractivity contribution is 7.86. The van der Waals surface area contributed by atoms with E-state index in [1.807, 2.05) is 0 Å². The SMILES string of the molecule is COc1ccc(-c2cc(=O)c3ccccc3o2)cc1S(=O)(=O)OC(C)C. The summed E-state index contributed by atoms with van der Waals surface area (Å²) in [6.45, 7) is 3.24. The van der Waals surface area contributed by atoms with Crippen LogP contribution in [0.25, 0.3) is 22.3 Å². The molecule has 1 aromatic heterocycles. The first kappa shape index (κ1) is 18.2. The molecule has 0 amide bonds. The average Bonchev–Trinajstić information content (AvgIpc) is 2.60. The van der Waals surface area contributed by atoms with Gasteiger partial charge in [0.1, 0.15) is 22.0 Å². The fraction of sp³-hybridized carbons (Fsp3) is 0.211. The van der Waals surface area contributed by atoms with E-state index in [1.54, 1.807) is 44.2 Å². The predicted octanol–water partition coefficient (Wildman–Crippen LogP) is 3.58. The van der Waals surface area contributed by atoms with Crippen molar-refractivity contribution < 1.29 is 21.8 Å². The Kier molecular flexibility index (Phi) is 4.84. The Bertz CT molecular complexity index is 1110. The molecule has 2 aromatic carbocycles. The summed E-state index contributed by atoms with van der Waals surface area (Å²) in [6.07, 6.45) is -0.521. The van der Waals surface area contributed by atoms with Crippen molar-refractivity contribution in [1.82, 2.24) is 0 Å². The molecule has 1 heterocycles. The molecule has 26 heavy (non-hydrogen) atoms. The van der Waals surface area contributed by atoms with E-state index in [4.69, 9.17) is 13.3 Å². The molecule has 3 aromatic rings. The molecule has 0 aliphatic rings. The minimum atomic E-state index is -4.03. The van der Waals surface area contributed by atoms with Crippen LogP contribution in [-0.4, -0.2) is 21.6 Å². The molecule has 0 spiro atoms. The lowest BCUT2D eigenvalue weighted by Crippen LogP contribution is -2.13. The number of ether oxygens (including phenoxy) is 1. The smallest absolute Gasteiger partial charge is 0.300 e. The summed E-state index contributed by atoms with van der Waals surface area (Å²) >= 11 is 0. The first-order valence-electron chi connectivity index (χ1n) is 7.96. The molecule has 0 N–H and O–H groups in total. The van der Waals surface area contributed by atoms with Crippen molar-refractivity contribution in [3.8, 4) is 17.1 Å². The molecule has 3 rings (SSSR count). The number of rotatable bonds is 5. The monoisotopic (exact) mass is 374 g/mol. The van der Waals surface area contributed by atoms with Gasteiger partial charge in [-0.15, -0.1) is 0 Å². The molecular formula is C19H18O6S. The van der Waals surface area contributed by atoms with E-state index in [-0.39, 0.29) is 21.8 Å². The summed E-state index contributed by atoms with van der Waals surface area (Å²) in [5, 5.41) is 0.459. The molecule has 0 saturated carbocycles. The molecule has 0 fully saturated rings. The summed E-state index contributed by atoms with van der Waals surface area (Å²) in [4.78, 5) is 12.2. The zero-order valence-electron chi connectivity index (χ0n) is 14.6. The Hall–Kier alpha value is -2.64. The number of methoxy groups -OCH3 is 1. The zero-order chi connectivity index (χ0) is 18.9. The van der Waals surface area contributed by atoms with Crippen LogP contribution in [0.4, 0.5) is 0 Å². The van der Waals surface area contributed by atoms with E-state index in [0.717, 1.165) is 0 Å². The third-order valence-electron chi connectivity index (χ3n) is 3.67. The maximum Gasteiger partial charge on any atom is 0.300 e. The van der Waals surface area contributed by atoms with Gasteiger partial charge in [0.05, 0.1) is 18.6 Å².